The van der Waals surface area contributed by atoms with Gasteiger partial charge in [0.25, 0.3) is 11.5 Å². The second-order valence-electron chi connectivity index (χ2n) is 6.79. The van der Waals surface area contributed by atoms with Gasteiger partial charge in [-0.15, -0.1) is 11.3 Å². The average molecular weight is 368 g/mol. The molecular weight excluding hydrogens is 348 g/mol. The van der Waals surface area contributed by atoms with Crippen LogP contribution in [0, 0.1) is 0 Å². The second kappa shape index (κ2) is 6.64. The highest BCUT2D eigenvalue weighted by Crippen LogP contribution is 2.30. The van der Waals surface area contributed by atoms with Gasteiger partial charge in [0.1, 0.15) is 0 Å². The van der Waals surface area contributed by atoms with Gasteiger partial charge in [0.05, 0.1) is 17.1 Å². The Kier molecular flexibility index (Phi) is 4.32. The van der Waals surface area contributed by atoms with Crippen LogP contribution in [0.5, 0.6) is 0 Å². The van der Waals surface area contributed by atoms with Gasteiger partial charge in [-0.3, -0.25) is 14.9 Å². The summed E-state index contributed by atoms with van der Waals surface area (Å²) in [5.41, 5.74) is 1.17. The van der Waals surface area contributed by atoms with Crippen LogP contribution in [0.25, 0.3) is 10.8 Å². The fourth-order valence-electron chi connectivity index (χ4n) is 3.29. The van der Waals surface area contributed by atoms with Crippen molar-refractivity contribution in [2.75, 3.05) is 5.32 Å². The summed E-state index contributed by atoms with van der Waals surface area (Å²) < 4.78 is 1.37. The maximum Gasteiger partial charge on any atom is 0.278 e. The van der Waals surface area contributed by atoms with Crippen LogP contribution in [0.3, 0.4) is 0 Å². The molecule has 1 aromatic carbocycles. The Morgan fingerprint density at radius 1 is 1.19 bits per heavy atom. The van der Waals surface area contributed by atoms with Gasteiger partial charge in [-0.25, -0.2) is 9.67 Å². The smallest absolute Gasteiger partial charge is 0.278 e. The SMILES string of the molecule is CC(C)n1nc(C(=O)Nc2nc3c(s2)CCCC3)c2ccccc2c1=O. The Labute approximate surface area is 154 Å². The quantitative estimate of drug-likeness (QED) is 0.767. The number of aromatic nitrogens is 3. The topological polar surface area (TPSA) is 76.9 Å². The molecule has 26 heavy (non-hydrogen) atoms. The molecule has 1 N–H and O–H groups in total. The Morgan fingerprint density at radius 3 is 2.65 bits per heavy atom. The van der Waals surface area contributed by atoms with Crippen LogP contribution in [0.15, 0.2) is 29.1 Å². The first-order valence-corrected chi connectivity index (χ1v) is 9.67. The zero-order chi connectivity index (χ0) is 18.3. The van der Waals surface area contributed by atoms with E-state index in [1.807, 2.05) is 19.9 Å². The number of fused-ring (bicyclic) bond motifs is 2. The van der Waals surface area contributed by atoms with Crippen molar-refractivity contribution < 1.29 is 4.79 Å². The van der Waals surface area contributed by atoms with Crippen LogP contribution < -0.4 is 10.9 Å². The summed E-state index contributed by atoms with van der Waals surface area (Å²) in [4.78, 5) is 31.3. The predicted octanol–water partition coefficient (Wildman–Crippen LogP) is 3.57. The normalized spacial score (nSPS) is 13.8. The molecular formula is C19H20N4O2S. The maximum absolute atomic E-state index is 12.9. The van der Waals surface area contributed by atoms with Gasteiger partial charge in [-0.2, -0.15) is 5.10 Å². The van der Waals surface area contributed by atoms with E-state index in [1.165, 1.54) is 27.3 Å². The van der Waals surface area contributed by atoms with Gasteiger partial charge in [0, 0.05) is 10.3 Å². The first-order valence-electron chi connectivity index (χ1n) is 8.86. The lowest BCUT2D eigenvalue weighted by Crippen LogP contribution is -2.28. The molecule has 0 unspecified atom stereocenters. The first-order chi connectivity index (χ1) is 12.5. The van der Waals surface area contributed by atoms with Crippen molar-refractivity contribution >= 4 is 33.1 Å². The van der Waals surface area contributed by atoms with E-state index >= 15 is 0 Å². The summed E-state index contributed by atoms with van der Waals surface area (Å²) in [7, 11) is 0. The lowest BCUT2D eigenvalue weighted by molar-refractivity contribution is 0.102. The van der Waals surface area contributed by atoms with Crippen LogP contribution in [-0.4, -0.2) is 20.7 Å². The third-order valence-electron chi connectivity index (χ3n) is 4.60. The molecule has 0 aliphatic heterocycles. The average Bonchev–Trinajstić information content (AvgIpc) is 3.04. The number of nitrogens with one attached hydrogen (secondary N) is 1. The maximum atomic E-state index is 12.9. The number of thiazole rings is 1. The van der Waals surface area contributed by atoms with Gasteiger partial charge >= 0.3 is 0 Å². The van der Waals surface area contributed by atoms with E-state index in [0.29, 0.717) is 15.9 Å². The summed E-state index contributed by atoms with van der Waals surface area (Å²) >= 11 is 1.54. The molecule has 1 aliphatic rings. The van der Waals surface area contributed by atoms with Crippen LogP contribution in [0.4, 0.5) is 5.13 Å². The van der Waals surface area contributed by atoms with Gasteiger partial charge in [-0.1, -0.05) is 18.2 Å². The Bertz CT molecular complexity index is 1030. The molecule has 0 fully saturated rings. The van der Waals surface area contributed by atoms with Crippen LogP contribution in [0.2, 0.25) is 0 Å². The molecule has 3 aromatic rings. The highest BCUT2D eigenvalue weighted by Gasteiger charge is 2.21. The number of anilines is 1. The molecule has 6 nitrogen and oxygen atoms in total. The molecule has 4 rings (SSSR count). The fourth-order valence-corrected chi connectivity index (χ4v) is 4.33. The highest BCUT2D eigenvalue weighted by atomic mass is 32.1. The van der Waals surface area contributed by atoms with Crippen molar-refractivity contribution in [1.82, 2.24) is 14.8 Å². The number of aryl methyl sites for hydroxylation is 2. The van der Waals surface area contributed by atoms with Gasteiger partial charge in [0.15, 0.2) is 10.8 Å². The second-order valence-corrected chi connectivity index (χ2v) is 7.87. The molecule has 0 spiro atoms. The number of rotatable bonds is 3. The van der Waals surface area contributed by atoms with E-state index in [1.54, 1.807) is 18.2 Å². The molecule has 7 heteroatoms. The number of hydrogen-bond donors (Lipinski definition) is 1. The van der Waals surface area contributed by atoms with E-state index in [2.05, 4.69) is 15.4 Å². The molecule has 134 valence electrons. The minimum Gasteiger partial charge on any atom is -0.296 e. The van der Waals surface area contributed by atoms with Crippen molar-refractivity contribution in [2.24, 2.45) is 0 Å². The molecule has 0 radical (unpaired) electrons. The summed E-state index contributed by atoms with van der Waals surface area (Å²) in [6, 6.07) is 6.96. The molecule has 0 atom stereocenters. The van der Waals surface area contributed by atoms with Gasteiger partial charge < -0.3 is 0 Å². The Hall–Kier alpha value is -2.54. The van der Waals surface area contributed by atoms with E-state index in [-0.39, 0.29) is 23.2 Å². The summed E-state index contributed by atoms with van der Waals surface area (Å²) in [5, 5.41) is 8.90. The number of nitrogens with zero attached hydrogens (tertiary/aromatic N) is 3. The number of amides is 1. The molecule has 2 aromatic heterocycles. The van der Waals surface area contributed by atoms with Gasteiger partial charge in [-0.05, 0) is 45.6 Å². The lowest BCUT2D eigenvalue weighted by atomic mass is 10.0. The molecule has 0 saturated heterocycles. The zero-order valence-electron chi connectivity index (χ0n) is 14.8. The summed E-state index contributed by atoms with van der Waals surface area (Å²) in [6.45, 7) is 3.75. The number of carbonyl (C=O) groups excluding carboxylic acids is 1. The molecule has 0 saturated carbocycles. The first kappa shape index (κ1) is 16.9. The summed E-state index contributed by atoms with van der Waals surface area (Å²) in [6.07, 6.45) is 4.33. The van der Waals surface area contributed by atoms with Crippen molar-refractivity contribution in [3.63, 3.8) is 0 Å². The highest BCUT2D eigenvalue weighted by molar-refractivity contribution is 7.15. The van der Waals surface area contributed by atoms with Crippen molar-refractivity contribution in [2.45, 2.75) is 45.6 Å². The zero-order valence-corrected chi connectivity index (χ0v) is 15.6. The number of hydrogen-bond acceptors (Lipinski definition) is 5. The summed E-state index contributed by atoms with van der Waals surface area (Å²) in [5.74, 6) is -0.332. The monoisotopic (exact) mass is 368 g/mol. The molecule has 1 amide bonds. The van der Waals surface area contributed by atoms with Crippen molar-refractivity contribution in [3.8, 4) is 0 Å². The van der Waals surface area contributed by atoms with Crippen LogP contribution in [-0.2, 0) is 12.8 Å². The van der Waals surface area contributed by atoms with Crippen molar-refractivity contribution in [3.05, 3.63) is 50.9 Å². The standard InChI is InChI=1S/C19H20N4O2S/c1-11(2)23-18(25)13-8-4-3-7-12(13)16(22-23)17(24)21-19-20-14-9-5-6-10-15(14)26-19/h3-4,7-8,11H,5-6,9-10H2,1-2H3,(H,20,21,24). The third kappa shape index (κ3) is 2.92. The van der Waals surface area contributed by atoms with Crippen molar-refractivity contribution in [1.29, 1.82) is 0 Å². The van der Waals surface area contributed by atoms with E-state index in [0.717, 1.165) is 25.0 Å². The number of carbonyl (C=O) groups is 1. The number of benzene rings is 1. The molecule has 1 aliphatic carbocycles. The predicted molar refractivity (Wildman–Crippen MR) is 103 cm³/mol. The Morgan fingerprint density at radius 2 is 1.92 bits per heavy atom. The largest absolute Gasteiger partial charge is 0.296 e. The third-order valence-corrected chi connectivity index (χ3v) is 5.67. The fraction of sp³-hybridized carbons (Fsp3) is 0.368. The van der Waals surface area contributed by atoms with E-state index in [9.17, 15) is 9.59 Å². The van der Waals surface area contributed by atoms with Gasteiger partial charge in [0.2, 0.25) is 0 Å². The van der Waals surface area contributed by atoms with Crippen LogP contribution >= 0.6 is 11.3 Å². The minimum absolute atomic E-state index is 0.133. The minimum atomic E-state index is -0.332. The molecule has 0 bridgehead atoms. The van der Waals surface area contributed by atoms with Crippen LogP contribution in [0.1, 0.15) is 53.8 Å². The van der Waals surface area contributed by atoms with E-state index in [4.69, 9.17) is 0 Å². The van der Waals surface area contributed by atoms with E-state index < -0.39 is 0 Å². The molecule has 2 heterocycles. The lowest BCUT2D eigenvalue weighted by Gasteiger charge is -2.12. The Balaban J connectivity index is 1.75.